The lowest BCUT2D eigenvalue weighted by molar-refractivity contribution is 0.377. The number of nitrogens with zero attached hydrogens (tertiary/aromatic N) is 1. The molecule has 0 heterocycles. The minimum atomic E-state index is -1.49. The van der Waals surface area contributed by atoms with Gasteiger partial charge in [0.05, 0.1) is 14.3 Å². The van der Waals surface area contributed by atoms with E-state index < -0.39 is 16.0 Å². The molecule has 35 heavy (non-hydrogen) atoms. The summed E-state index contributed by atoms with van der Waals surface area (Å²) in [6.45, 7) is 4.86. The summed E-state index contributed by atoms with van der Waals surface area (Å²) >= 11 is 0. The van der Waals surface area contributed by atoms with Crippen LogP contribution >= 0.6 is 7.92 Å². The first-order chi connectivity index (χ1) is 16.9. The number of hydrogen-bond acceptors (Lipinski definition) is 2. The van der Waals surface area contributed by atoms with Crippen LogP contribution in [0.3, 0.4) is 0 Å². The molecule has 4 rings (SSSR count). The van der Waals surface area contributed by atoms with Gasteiger partial charge in [0, 0.05) is 25.8 Å². The summed E-state index contributed by atoms with van der Waals surface area (Å²) < 4.78 is 6.24. The summed E-state index contributed by atoms with van der Waals surface area (Å²) in [4.78, 5) is 2.11. The van der Waals surface area contributed by atoms with Crippen molar-refractivity contribution in [1.29, 1.82) is 0 Å². The van der Waals surface area contributed by atoms with E-state index >= 15 is 0 Å². The molecule has 0 N–H and O–H groups in total. The molecule has 4 aromatic carbocycles. The zero-order valence-corrected chi connectivity index (χ0v) is 23.2. The molecule has 4 aromatic rings. The fourth-order valence-corrected chi connectivity index (χ4v) is 8.05. The van der Waals surface area contributed by atoms with Crippen LogP contribution in [0.4, 0.5) is 5.69 Å². The highest BCUT2D eigenvalue weighted by Crippen LogP contribution is 2.32. The molecule has 0 radical (unpaired) electrons. The highest BCUT2D eigenvalue weighted by molar-refractivity contribution is 7.79. The zero-order chi connectivity index (χ0) is 24.7. The molecule has 180 valence electrons. The summed E-state index contributed by atoms with van der Waals surface area (Å²) in [6, 6.07) is 40.8. The van der Waals surface area contributed by atoms with Gasteiger partial charge in [-0.2, -0.15) is 0 Å². The molecule has 0 aromatic heterocycles. The first kappa shape index (κ1) is 25.2. The van der Waals surface area contributed by atoms with Gasteiger partial charge in [0.1, 0.15) is 5.75 Å². The molecule has 0 atom stereocenters. The lowest BCUT2D eigenvalue weighted by Gasteiger charge is -2.23. The predicted molar refractivity (Wildman–Crippen MR) is 157 cm³/mol. The van der Waals surface area contributed by atoms with Gasteiger partial charge in [-0.25, -0.2) is 0 Å². The molecule has 0 saturated carbocycles. The molecule has 0 unspecified atom stereocenters. The van der Waals surface area contributed by atoms with Crippen molar-refractivity contribution < 1.29 is 4.74 Å². The molecule has 0 fully saturated rings. The molecule has 0 aliphatic rings. The van der Waals surface area contributed by atoms with Crippen molar-refractivity contribution in [1.82, 2.24) is 0 Å². The van der Waals surface area contributed by atoms with Gasteiger partial charge in [0.15, 0.2) is 0 Å². The Balaban J connectivity index is 1.40. The number of aryl methyl sites for hydroxylation is 1. The molecule has 0 aliphatic heterocycles. The molecule has 0 spiro atoms. The van der Waals surface area contributed by atoms with Crippen LogP contribution in [0.15, 0.2) is 109 Å². The van der Waals surface area contributed by atoms with Crippen LogP contribution in [-0.2, 0) is 6.42 Å². The number of ether oxygens (including phenoxy) is 1. The van der Waals surface area contributed by atoms with Crippen LogP contribution in [0, 0.1) is 0 Å². The largest absolute Gasteiger partial charge is 0.497 e. The van der Waals surface area contributed by atoms with E-state index in [0.29, 0.717) is 0 Å². The fraction of sp³-hybridized carbons (Fsp3) is 0.226. The SMILES string of the molecule is CN(C)c1cccc(OC[Si](C)(C)CCc2ccc(P(c3ccccc3)c3ccccc3)cc2)c1. The van der Waals surface area contributed by atoms with Crippen LogP contribution < -0.4 is 25.6 Å². The first-order valence-corrected chi connectivity index (χ1v) is 17.1. The van der Waals surface area contributed by atoms with Gasteiger partial charge in [-0.05, 0) is 48.0 Å². The lowest BCUT2D eigenvalue weighted by Crippen LogP contribution is -2.34. The smallest absolute Gasteiger partial charge is 0.120 e. The predicted octanol–water partition coefficient (Wildman–Crippen LogP) is 6.38. The van der Waals surface area contributed by atoms with Gasteiger partial charge >= 0.3 is 0 Å². The summed E-state index contributed by atoms with van der Waals surface area (Å²) in [5, 5.41) is 4.19. The van der Waals surface area contributed by atoms with Crippen molar-refractivity contribution in [2.75, 3.05) is 25.2 Å². The summed E-state index contributed by atoms with van der Waals surface area (Å²) in [5.74, 6) is 0.969. The van der Waals surface area contributed by atoms with E-state index in [1.807, 2.05) is 0 Å². The number of benzene rings is 4. The second-order valence-electron chi connectivity index (χ2n) is 10.0. The average molecular weight is 498 g/mol. The minimum Gasteiger partial charge on any atom is -0.497 e. The van der Waals surface area contributed by atoms with Crippen molar-refractivity contribution >= 4 is 37.6 Å². The van der Waals surface area contributed by atoms with Crippen LogP contribution in [0.25, 0.3) is 0 Å². The maximum absolute atomic E-state index is 6.24. The Morgan fingerprint density at radius 3 is 1.83 bits per heavy atom. The number of rotatable bonds is 10. The third-order valence-corrected chi connectivity index (χ3v) is 11.3. The Labute approximate surface area is 213 Å². The minimum absolute atomic E-state index is 0.544. The van der Waals surface area contributed by atoms with Crippen molar-refractivity contribution in [2.45, 2.75) is 25.6 Å². The number of anilines is 1. The Morgan fingerprint density at radius 2 is 1.26 bits per heavy atom. The van der Waals surface area contributed by atoms with E-state index in [-0.39, 0.29) is 0 Å². The third kappa shape index (κ3) is 7.07. The monoisotopic (exact) mass is 497 g/mol. The van der Waals surface area contributed by atoms with Gasteiger partial charge in [-0.15, -0.1) is 0 Å². The molecular formula is C31H36NOPSi. The Hall–Kier alpha value is -2.87. The van der Waals surface area contributed by atoms with Gasteiger partial charge in [-0.3, -0.25) is 0 Å². The normalized spacial score (nSPS) is 11.5. The van der Waals surface area contributed by atoms with Crippen molar-refractivity contribution in [3.05, 3.63) is 115 Å². The molecule has 4 heteroatoms. The quantitative estimate of drug-likeness (QED) is 0.186. The highest BCUT2D eigenvalue weighted by atomic mass is 31.1. The zero-order valence-electron chi connectivity index (χ0n) is 21.3. The Morgan fingerprint density at radius 1 is 0.686 bits per heavy atom. The van der Waals surface area contributed by atoms with Crippen molar-refractivity contribution in [3.63, 3.8) is 0 Å². The van der Waals surface area contributed by atoms with Gasteiger partial charge in [0.2, 0.25) is 0 Å². The number of hydrogen-bond donors (Lipinski definition) is 0. The van der Waals surface area contributed by atoms with Crippen molar-refractivity contribution in [3.8, 4) is 5.75 Å². The maximum atomic E-state index is 6.24. The standard InChI is InChI=1S/C31H36NOPSi/c1-32(2)27-12-11-13-28(24-27)33-25-35(3,4)23-22-26-18-20-31(21-19-26)34(29-14-7-5-8-15-29)30-16-9-6-10-17-30/h5-21,24H,22-23,25H2,1-4H3. The topological polar surface area (TPSA) is 12.5 Å². The molecule has 0 bridgehead atoms. The summed E-state index contributed by atoms with van der Waals surface area (Å²) in [5.41, 5.74) is 2.59. The second-order valence-corrected chi connectivity index (χ2v) is 17.4. The van der Waals surface area contributed by atoms with E-state index in [9.17, 15) is 0 Å². The molecular weight excluding hydrogens is 461 g/mol. The second kappa shape index (κ2) is 11.7. The Bertz CT molecular complexity index is 1150. The van der Waals surface area contributed by atoms with E-state index in [1.165, 1.54) is 33.2 Å². The van der Waals surface area contributed by atoms with E-state index in [2.05, 4.69) is 141 Å². The van der Waals surface area contributed by atoms with Gasteiger partial charge in [0.25, 0.3) is 0 Å². The average Bonchev–Trinajstić information content (AvgIpc) is 2.89. The molecule has 0 saturated heterocycles. The molecule has 2 nitrogen and oxygen atoms in total. The summed E-state index contributed by atoms with van der Waals surface area (Å²) in [6.07, 6.45) is 1.95. The summed E-state index contributed by atoms with van der Waals surface area (Å²) in [7, 11) is 2.09. The van der Waals surface area contributed by atoms with E-state index in [0.717, 1.165) is 18.4 Å². The van der Waals surface area contributed by atoms with E-state index in [4.69, 9.17) is 4.74 Å². The van der Waals surface area contributed by atoms with Gasteiger partial charge < -0.3 is 9.64 Å². The highest BCUT2D eigenvalue weighted by Gasteiger charge is 2.22. The molecule has 0 aliphatic carbocycles. The third-order valence-electron chi connectivity index (χ3n) is 6.28. The fourth-order valence-electron chi connectivity index (χ4n) is 4.10. The van der Waals surface area contributed by atoms with E-state index in [1.54, 1.807) is 0 Å². The van der Waals surface area contributed by atoms with Crippen LogP contribution in [0.2, 0.25) is 19.1 Å². The lowest BCUT2D eigenvalue weighted by atomic mass is 10.2. The first-order valence-electron chi connectivity index (χ1n) is 12.3. The molecule has 0 amide bonds. The van der Waals surface area contributed by atoms with Crippen LogP contribution in [0.5, 0.6) is 5.75 Å². The van der Waals surface area contributed by atoms with Gasteiger partial charge in [-0.1, -0.05) is 110 Å². The van der Waals surface area contributed by atoms with Crippen molar-refractivity contribution in [2.24, 2.45) is 0 Å². The van der Waals surface area contributed by atoms with Crippen LogP contribution in [-0.4, -0.2) is 28.4 Å². The Kier molecular flexibility index (Phi) is 8.44. The maximum Gasteiger partial charge on any atom is 0.120 e. The van der Waals surface area contributed by atoms with Crippen LogP contribution in [0.1, 0.15) is 5.56 Å².